The molecule has 1 aliphatic carbocycles. The van der Waals surface area contributed by atoms with E-state index in [0.29, 0.717) is 17.4 Å². The van der Waals surface area contributed by atoms with E-state index >= 15 is 0 Å². The van der Waals surface area contributed by atoms with Crippen LogP contribution in [0.1, 0.15) is 87.1 Å². The SMILES string of the molecule is CCCC1=Cc2c(-c3ccc(OC)c(C(C)C)c3C(C)C)cccc2C1[Si](C)C. The molecule has 0 saturated heterocycles. The average Bonchev–Trinajstić information content (AvgIpc) is 3.05. The van der Waals surface area contributed by atoms with E-state index in [9.17, 15) is 0 Å². The minimum Gasteiger partial charge on any atom is -0.496 e. The summed E-state index contributed by atoms with van der Waals surface area (Å²) in [6.45, 7) is 16.4. The fourth-order valence-electron chi connectivity index (χ4n) is 5.13. The van der Waals surface area contributed by atoms with Gasteiger partial charge in [0, 0.05) is 5.56 Å². The van der Waals surface area contributed by atoms with Crippen molar-refractivity contribution in [2.75, 3.05) is 7.11 Å². The molecule has 1 radical (unpaired) electrons. The Balaban J connectivity index is 2.29. The largest absolute Gasteiger partial charge is 0.496 e. The summed E-state index contributed by atoms with van der Waals surface area (Å²) in [7, 11) is 1.35. The smallest absolute Gasteiger partial charge is 0.122 e. The summed E-state index contributed by atoms with van der Waals surface area (Å²) < 4.78 is 5.77. The van der Waals surface area contributed by atoms with Crippen molar-refractivity contribution in [2.45, 2.75) is 77.9 Å². The van der Waals surface area contributed by atoms with Crippen molar-refractivity contribution in [2.24, 2.45) is 0 Å². The van der Waals surface area contributed by atoms with Crippen LogP contribution in [0.2, 0.25) is 13.1 Å². The van der Waals surface area contributed by atoms with Gasteiger partial charge in [-0.25, -0.2) is 0 Å². The quantitative estimate of drug-likeness (QED) is 0.422. The Morgan fingerprint density at radius 1 is 0.931 bits per heavy atom. The minimum absolute atomic E-state index is 0.430. The highest BCUT2D eigenvalue weighted by Crippen LogP contribution is 2.47. The van der Waals surface area contributed by atoms with Gasteiger partial charge in [0.05, 0.1) is 15.9 Å². The van der Waals surface area contributed by atoms with Gasteiger partial charge in [0.25, 0.3) is 0 Å². The standard InChI is InChI=1S/C27H37OSi/c1-9-11-19-16-23-20(12-10-13-22(23)27(19)29(7)8)21-14-15-24(28-6)26(18(4)5)25(21)17(2)3/h10,12-18,27H,9,11H2,1-8H3. The maximum Gasteiger partial charge on any atom is 0.122 e. The Bertz CT molecular complexity index is 905. The minimum atomic E-state index is -0.438. The maximum absolute atomic E-state index is 5.77. The topological polar surface area (TPSA) is 9.23 Å². The number of ether oxygens (including phenoxy) is 1. The molecule has 0 spiro atoms. The van der Waals surface area contributed by atoms with Crippen LogP contribution in [-0.4, -0.2) is 15.9 Å². The Morgan fingerprint density at radius 2 is 1.62 bits per heavy atom. The first-order chi connectivity index (χ1) is 13.8. The Labute approximate surface area is 179 Å². The van der Waals surface area contributed by atoms with E-state index in [0.717, 1.165) is 5.75 Å². The number of hydrogen-bond donors (Lipinski definition) is 0. The fourth-order valence-corrected chi connectivity index (χ4v) is 6.98. The number of rotatable bonds is 7. The highest BCUT2D eigenvalue weighted by atomic mass is 28.3. The highest BCUT2D eigenvalue weighted by Gasteiger charge is 2.30. The van der Waals surface area contributed by atoms with Gasteiger partial charge in [0.1, 0.15) is 5.75 Å². The molecule has 0 fully saturated rings. The van der Waals surface area contributed by atoms with E-state index in [2.05, 4.69) is 84.1 Å². The first kappa shape index (κ1) is 21.9. The zero-order chi connectivity index (χ0) is 21.3. The zero-order valence-corrected chi connectivity index (χ0v) is 20.5. The van der Waals surface area contributed by atoms with Gasteiger partial charge in [-0.15, -0.1) is 0 Å². The highest BCUT2D eigenvalue weighted by molar-refractivity contribution is 6.58. The number of allylic oxidation sites excluding steroid dienone is 1. The summed E-state index contributed by atoms with van der Waals surface area (Å²) >= 11 is 0. The molecule has 0 N–H and O–H groups in total. The first-order valence-corrected chi connectivity index (χ1v) is 13.7. The van der Waals surface area contributed by atoms with Crippen molar-refractivity contribution in [3.63, 3.8) is 0 Å². The molecule has 2 heteroatoms. The number of hydrogen-bond acceptors (Lipinski definition) is 1. The van der Waals surface area contributed by atoms with Crippen LogP contribution in [0.4, 0.5) is 0 Å². The first-order valence-electron chi connectivity index (χ1n) is 11.2. The predicted molar refractivity (Wildman–Crippen MR) is 130 cm³/mol. The second-order valence-corrected chi connectivity index (χ2v) is 12.0. The van der Waals surface area contributed by atoms with Crippen LogP contribution < -0.4 is 4.74 Å². The molecule has 1 atom stereocenters. The van der Waals surface area contributed by atoms with Crippen LogP contribution in [0.25, 0.3) is 17.2 Å². The lowest BCUT2D eigenvalue weighted by atomic mass is 9.82. The predicted octanol–water partition coefficient (Wildman–Crippen LogP) is 8.18. The Morgan fingerprint density at radius 3 is 2.17 bits per heavy atom. The summed E-state index contributed by atoms with van der Waals surface area (Å²) in [5.41, 5.74) is 10.9. The van der Waals surface area contributed by atoms with Crippen molar-refractivity contribution in [1.82, 2.24) is 0 Å². The Hall–Kier alpha value is -1.80. The third kappa shape index (κ3) is 3.96. The molecule has 0 aromatic heterocycles. The van der Waals surface area contributed by atoms with Crippen LogP contribution in [0.15, 0.2) is 35.9 Å². The number of benzene rings is 2. The normalized spacial score (nSPS) is 16.0. The van der Waals surface area contributed by atoms with E-state index in [1.54, 1.807) is 18.2 Å². The fraction of sp³-hybridized carbons (Fsp3) is 0.481. The molecule has 155 valence electrons. The second-order valence-electron chi connectivity index (χ2n) is 9.24. The zero-order valence-electron chi connectivity index (χ0n) is 19.5. The van der Waals surface area contributed by atoms with Gasteiger partial charge in [-0.1, -0.05) is 90.0 Å². The molecular weight excluding hydrogens is 368 g/mol. The summed E-state index contributed by atoms with van der Waals surface area (Å²) in [5, 5.41) is 0. The van der Waals surface area contributed by atoms with Crippen molar-refractivity contribution >= 4 is 14.9 Å². The molecule has 29 heavy (non-hydrogen) atoms. The third-order valence-corrected chi connectivity index (χ3v) is 8.02. The van der Waals surface area contributed by atoms with Gasteiger partial charge < -0.3 is 4.74 Å². The maximum atomic E-state index is 5.77. The molecule has 0 aliphatic heterocycles. The molecular formula is C27H37OSi. The molecule has 1 nitrogen and oxygen atoms in total. The van der Waals surface area contributed by atoms with Gasteiger partial charge in [0.2, 0.25) is 0 Å². The van der Waals surface area contributed by atoms with E-state index in [1.165, 1.54) is 40.7 Å². The molecule has 2 aromatic rings. The summed E-state index contributed by atoms with van der Waals surface area (Å²) in [6, 6.07) is 11.4. The van der Waals surface area contributed by atoms with Crippen LogP contribution in [-0.2, 0) is 0 Å². The second kappa shape index (κ2) is 8.91. The lowest BCUT2D eigenvalue weighted by molar-refractivity contribution is 0.406. The van der Waals surface area contributed by atoms with Crippen LogP contribution >= 0.6 is 0 Å². The van der Waals surface area contributed by atoms with Gasteiger partial charge in [0.15, 0.2) is 0 Å². The molecule has 1 aliphatic rings. The molecule has 0 bridgehead atoms. The number of fused-ring (bicyclic) bond motifs is 1. The van der Waals surface area contributed by atoms with E-state index in [-0.39, 0.29) is 0 Å². The van der Waals surface area contributed by atoms with Crippen molar-refractivity contribution < 1.29 is 4.74 Å². The monoisotopic (exact) mass is 405 g/mol. The number of methoxy groups -OCH3 is 1. The van der Waals surface area contributed by atoms with Crippen LogP contribution in [0.3, 0.4) is 0 Å². The molecule has 0 heterocycles. The van der Waals surface area contributed by atoms with E-state index in [4.69, 9.17) is 4.74 Å². The van der Waals surface area contributed by atoms with Crippen molar-refractivity contribution in [1.29, 1.82) is 0 Å². The van der Waals surface area contributed by atoms with E-state index in [1.807, 2.05) is 0 Å². The van der Waals surface area contributed by atoms with Gasteiger partial charge in [-0.3, -0.25) is 0 Å². The Kier molecular flexibility index (Phi) is 6.73. The lowest BCUT2D eigenvalue weighted by Crippen LogP contribution is -2.16. The molecule has 2 aromatic carbocycles. The van der Waals surface area contributed by atoms with Gasteiger partial charge in [-0.2, -0.15) is 0 Å². The third-order valence-electron chi connectivity index (χ3n) is 6.18. The van der Waals surface area contributed by atoms with Gasteiger partial charge >= 0.3 is 0 Å². The molecule has 0 saturated carbocycles. The summed E-state index contributed by atoms with van der Waals surface area (Å²) in [5.74, 6) is 1.90. The summed E-state index contributed by atoms with van der Waals surface area (Å²) in [4.78, 5) is 0. The van der Waals surface area contributed by atoms with Crippen LogP contribution in [0.5, 0.6) is 5.75 Å². The van der Waals surface area contributed by atoms with Crippen molar-refractivity contribution in [3.8, 4) is 16.9 Å². The lowest BCUT2D eigenvalue weighted by Gasteiger charge is -2.24. The molecule has 0 amide bonds. The molecule has 1 unspecified atom stereocenters. The average molecular weight is 406 g/mol. The summed E-state index contributed by atoms with van der Waals surface area (Å²) in [6.07, 6.45) is 4.96. The van der Waals surface area contributed by atoms with Crippen molar-refractivity contribution in [3.05, 3.63) is 58.2 Å². The molecule has 3 rings (SSSR count). The van der Waals surface area contributed by atoms with Crippen LogP contribution in [0, 0.1) is 0 Å². The van der Waals surface area contributed by atoms with Gasteiger partial charge in [-0.05, 0) is 57.7 Å². The van der Waals surface area contributed by atoms with E-state index < -0.39 is 8.80 Å².